The van der Waals surface area contributed by atoms with Gasteiger partial charge in [0, 0.05) is 37.7 Å². The Labute approximate surface area is 159 Å². The molecule has 9 heteroatoms. The van der Waals surface area contributed by atoms with Crippen LogP contribution in [-0.4, -0.2) is 46.1 Å². The monoisotopic (exact) mass is 391 g/mol. The predicted molar refractivity (Wildman–Crippen MR) is 98.5 cm³/mol. The van der Waals surface area contributed by atoms with E-state index in [0.717, 1.165) is 0 Å². The van der Waals surface area contributed by atoms with Gasteiger partial charge in [0.1, 0.15) is 16.7 Å². The zero-order chi connectivity index (χ0) is 19.0. The van der Waals surface area contributed by atoms with E-state index < -0.39 is 5.92 Å². The third-order valence-electron chi connectivity index (χ3n) is 4.55. The van der Waals surface area contributed by atoms with Gasteiger partial charge >= 0.3 is 0 Å². The molecule has 0 spiro atoms. The molecule has 4 rings (SSSR count). The van der Waals surface area contributed by atoms with Gasteiger partial charge in [0.2, 0.25) is 0 Å². The predicted octanol–water partition coefficient (Wildman–Crippen LogP) is 3.98. The van der Waals surface area contributed by atoms with Crippen molar-refractivity contribution in [3.05, 3.63) is 35.9 Å². The maximum Gasteiger partial charge on any atom is 0.251 e. The van der Waals surface area contributed by atoms with Gasteiger partial charge in [-0.1, -0.05) is 11.6 Å². The van der Waals surface area contributed by atoms with Crippen molar-refractivity contribution in [2.45, 2.75) is 18.8 Å². The Hall–Kier alpha value is -2.61. The van der Waals surface area contributed by atoms with Crippen LogP contribution in [-0.2, 0) is 0 Å². The lowest BCUT2D eigenvalue weighted by Crippen LogP contribution is -2.40. The van der Waals surface area contributed by atoms with E-state index in [9.17, 15) is 8.78 Å². The fourth-order valence-electron chi connectivity index (χ4n) is 3.14. The number of fused-ring (bicyclic) bond motifs is 1. The Morgan fingerprint density at radius 1 is 1.19 bits per heavy atom. The van der Waals surface area contributed by atoms with E-state index in [2.05, 4.69) is 19.9 Å². The van der Waals surface area contributed by atoms with Gasteiger partial charge < -0.3 is 9.64 Å². The molecule has 6 nitrogen and oxygen atoms in total. The van der Waals surface area contributed by atoms with E-state index in [1.54, 1.807) is 30.7 Å². The summed E-state index contributed by atoms with van der Waals surface area (Å²) >= 11 is 5.99. The molecule has 0 atom stereocenters. The Morgan fingerprint density at radius 3 is 2.67 bits per heavy atom. The topological polar surface area (TPSA) is 64.0 Å². The van der Waals surface area contributed by atoms with E-state index in [1.165, 1.54) is 7.11 Å². The molecule has 0 saturated carbocycles. The first kappa shape index (κ1) is 17.8. The number of anilines is 1. The molecule has 0 bridgehead atoms. The summed E-state index contributed by atoms with van der Waals surface area (Å²) in [6, 6.07) is 3.40. The van der Waals surface area contributed by atoms with Gasteiger partial charge in [-0.15, -0.1) is 0 Å². The fourth-order valence-corrected chi connectivity index (χ4v) is 3.31. The normalized spacial score (nSPS) is 16.5. The van der Waals surface area contributed by atoms with Crippen LogP contribution in [0.5, 0.6) is 5.75 Å². The van der Waals surface area contributed by atoms with Crippen molar-refractivity contribution in [1.82, 2.24) is 19.9 Å². The number of alkyl halides is 2. The smallest absolute Gasteiger partial charge is 0.251 e. The van der Waals surface area contributed by atoms with Crippen molar-refractivity contribution in [2.75, 3.05) is 25.1 Å². The van der Waals surface area contributed by atoms with Gasteiger partial charge in [0.15, 0.2) is 5.82 Å². The molecule has 1 aliphatic rings. The van der Waals surface area contributed by atoms with Gasteiger partial charge in [-0.3, -0.25) is 4.98 Å². The van der Waals surface area contributed by atoms with Crippen LogP contribution in [0.15, 0.2) is 30.7 Å². The molecule has 27 heavy (non-hydrogen) atoms. The van der Waals surface area contributed by atoms with Crippen LogP contribution in [0, 0.1) is 0 Å². The number of pyridine rings is 2. The lowest BCUT2D eigenvalue weighted by molar-refractivity contribution is -0.0221. The maximum absolute atomic E-state index is 13.6. The lowest BCUT2D eigenvalue weighted by atomic mass is 10.1. The Morgan fingerprint density at radius 2 is 1.96 bits per heavy atom. The molecule has 1 aliphatic heterocycles. The number of methoxy groups -OCH3 is 1. The van der Waals surface area contributed by atoms with Gasteiger partial charge in [-0.05, 0) is 12.1 Å². The summed E-state index contributed by atoms with van der Waals surface area (Å²) < 4.78 is 32.7. The molecular formula is C18H16ClF2N5O. The van der Waals surface area contributed by atoms with Crippen LogP contribution < -0.4 is 9.64 Å². The molecule has 4 heterocycles. The van der Waals surface area contributed by atoms with Gasteiger partial charge in [-0.25, -0.2) is 23.7 Å². The molecule has 1 fully saturated rings. The minimum atomic E-state index is -2.65. The van der Waals surface area contributed by atoms with Crippen molar-refractivity contribution < 1.29 is 13.5 Å². The molecule has 0 unspecified atom stereocenters. The van der Waals surface area contributed by atoms with E-state index in [4.69, 9.17) is 16.3 Å². The Balaban J connectivity index is 1.89. The highest BCUT2D eigenvalue weighted by atomic mass is 35.5. The van der Waals surface area contributed by atoms with Crippen molar-refractivity contribution in [1.29, 1.82) is 0 Å². The van der Waals surface area contributed by atoms with Crippen molar-refractivity contribution in [2.24, 2.45) is 0 Å². The molecule has 3 aromatic heterocycles. The van der Waals surface area contributed by atoms with E-state index in [1.807, 2.05) is 4.90 Å². The highest BCUT2D eigenvalue weighted by Crippen LogP contribution is 2.37. The summed E-state index contributed by atoms with van der Waals surface area (Å²) in [4.78, 5) is 19.2. The van der Waals surface area contributed by atoms with E-state index in [-0.39, 0.29) is 25.9 Å². The number of hydrogen-bond acceptors (Lipinski definition) is 6. The van der Waals surface area contributed by atoms with Gasteiger partial charge in [0.25, 0.3) is 5.92 Å². The van der Waals surface area contributed by atoms with Crippen LogP contribution >= 0.6 is 11.6 Å². The van der Waals surface area contributed by atoms with Gasteiger partial charge in [0.05, 0.1) is 30.4 Å². The van der Waals surface area contributed by atoms with Crippen molar-refractivity contribution in [3.8, 4) is 17.1 Å². The maximum atomic E-state index is 13.6. The quantitative estimate of drug-likeness (QED) is 0.629. The van der Waals surface area contributed by atoms with Crippen molar-refractivity contribution >= 4 is 28.3 Å². The van der Waals surface area contributed by atoms with Crippen LogP contribution in [0.4, 0.5) is 14.6 Å². The van der Waals surface area contributed by atoms with Crippen molar-refractivity contribution in [3.63, 3.8) is 0 Å². The highest BCUT2D eigenvalue weighted by Gasteiger charge is 2.35. The first-order chi connectivity index (χ1) is 13.0. The van der Waals surface area contributed by atoms with Crippen LogP contribution in [0.3, 0.4) is 0 Å². The summed E-state index contributed by atoms with van der Waals surface area (Å²) in [7, 11) is 1.53. The molecule has 0 N–H and O–H groups in total. The zero-order valence-electron chi connectivity index (χ0n) is 14.5. The number of halogens is 3. The third kappa shape index (κ3) is 3.49. The molecule has 0 radical (unpaired) electrons. The largest absolute Gasteiger partial charge is 0.494 e. The molecule has 0 aliphatic carbocycles. The van der Waals surface area contributed by atoms with Crippen LogP contribution in [0.1, 0.15) is 12.8 Å². The second kappa shape index (κ2) is 6.84. The summed E-state index contributed by atoms with van der Waals surface area (Å²) in [5, 5.41) is 0.973. The van der Waals surface area contributed by atoms with Crippen LogP contribution in [0.25, 0.3) is 22.3 Å². The fraction of sp³-hybridized carbons (Fsp3) is 0.333. The molecule has 140 valence electrons. The highest BCUT2D eigenvalue weighted by molar-refractivity contribution is 6.29. The lowest BCUT2D eigenvalue weighted by Gasteiger charge is -2.33. The van der Waals surface area contributed by atoms with E-state index in [0.29, 0.717) is 39.0 Å². The molecule has 0 aromatic carbocycles. The number of rotatable bonds is 3. The molecule has 3 aromatic rings. The molecule has 0 amide bonds. The first-order valence-corrected chi connectivity index (χ1v) is 8.79. The Kier molecular flexibility index (Phi) is 4.51. The second-order valence-electron chi connectivity index (χ2n) is 6.32. The first-order valence-electron chi connectivity index (χ1n) is 8.41. The zero-order valence-corrected chi connectivity index (χ0v) is 15.2. The average Bonchev–Trinajstić information content (AvgIpc) is 2.66. The summed E-state index contributed by atoms with van der Waals surface area (Å²) in [5.74, 6) is -1.17. The number of hydrogen-bond donors (Lipinski definition) is 0. The van der Waals surface area contributed by atoms with Crippen LogP contribution in [0.2, 0.25) is 5.15 Å². The third-order valence-corrected chi connectivity index (χ3v) is 4.76. The number of nitrogens with zero attached hydrogens (tertiary/aromatic N) is 5. The minimum absolute atomic E-state index is 0.196. The van der Waals surface area contributed by atoms with E-state index >= 15 is 0 Å². The number of piperidine rings is 1. The average molecular weight is 392 g/mol. The van der Waals surface area contributed by atoms with Gasteiger partial charge in [-0.2, -0.15) is 0 Å². The number of aromatic nitrogens is 4. The second-order valence-corrected chi connectivity index (χ2v) is 6.70. The minimum Gasteiger partial charge on any atom is -0.494 e. The summed E-state index contributed by atoms with van der Waals surface area (Å²) in [6.45, 7) is 0.391. The standard InChI is InChI=1S/C18H16ClF2N5O/c1-27-13-10-22-9-12-15(13)17(26-6-3-18(20,21)4-7-26)25-16(24-12)11-2-5-23-14(19)8-11/h2,5,8-10H,3-4,6-7H2,1H3. The summed E-state index contributed by atoms with van der Waals surface area (Å²) in [5.41, 5.74) is 1.25. The molecule has 1 saturated heterocycles. The summed E-state index contributed by atoms with van der Waals surface area (Å²) in [6.07, 6.45) is 4.30. The number of ether oxygens (including phenoxy) is 1. The Bertz CT molecular complexity index is 991. The molecular weight excluding hydrogens is 376 g/mol. The SMILES string of the molecule is COc1cncc2nc(-c3ccnc(Cl)c3)nc(N3CCC(F)(F)CC3)c12.